The Morgan fingerprint density at radius 3 is 2.57 bits per heavy atom. The van der Waals surface area contributed by atoms with Crippen molar-refractivity contribution in [2.45, 2.75) is 63.6 Å². The summed E-state index contributed by atoms with van der Waals surface area (Å²) in [6.07, 6.45) is -0.0998. The van der Waals surface area contributed by atoms with Crippen molar-refractivity contribution in [3.63, 3.8) is 0 Å². The molecule has 2 amide bonds. The maximum absolute atomic E-state index is 12.5. The van der Waals surface area contributed by atoms with E-state index in [0.29, 0.717) is 60.4 Å². The normalized spacial score (nSPS) is 22.8. The second kappa shape index (κ2) is 12.9. The maximum atomic E-state index is 12.5. The lowest BCUT2D eigenvalue weighted by Gasteiger charge is -2.31. The molecule has 2 saturated heterocycles. The fourth-order valence-corrected chi connectivity index (χ4v) is 5.38. The first-order valence-corrected chi connectivity index (χ1v) is 14.0. The van der Waals surface area contributed by atoms with Crippen molar-refractivity contribution in [1.82, 2.24) is 29.7 Å². The zero-order valence-corrected chi connectivity index (χ0v) is 23.2. The smallest absolute Gasteiger partial charge is 0.410 e. The van der Waals surface area contributed by atoms with Gasteiger partial charge in [0.15, 0.2) is 23.8 Å². The molecule has 2 aliphatic rings. The molecule has 5 rings (SSSR count). The Morgan fingerprint density at radius 2 is 1.88 bits per heavy atom. The number of nitrogens with zero attached hydrogens (tertiary/aromatic N) is 5. The molecule has 1 aromatic carbocycles. The van der Waals surface area contributed by atoms with Crippen LogP contribution < -0.4 is 21.3 Å². The molecule has 15 heteroatoms. The number of ether oxygens (including phenoxy) is 2. The lowest BCUT2D eigenvalue weighted by atomic mass is 9.91. The number of likely N-dealkylation sites (N-methyl/N-ethyl adjacent to an activating group) is 1. The van der Waals surface area contributed by atoms with Crippen molar-refractivity contribution >= 4 is 34.7 Å². The fourth-order valence-electron chi connectivity index (χ4n) is 5.38. The number of hydrogen-bond acceptors (Lipinski definition) is 12. The molecule has 226 valence electrons. The number of amides is 2. The highest BCUT2D eigenvalue weighted by atomic mass is 16.6. The summed E-state index contributed by atoms with van der Waals surface area (Å²) >= 11 is 0. The van der Waals surface area contributed by atoms with Crippen molar-refractivity contribution in [2.24, 2.45) is 5.92 Å². The number of likely N-dealkylation sites (tertiary alicyclic amines) is 1. The molecule has 0 radical (unpaired) electrons. The Labute approximate surface area is 241 Å². The highest BCUT2D eigenvalue weighted by Crippen LogP contribution is 2.32. The van der Waals surface area contributed by atoms with Gasteiger partial charge < -0.3 is 35.6 Å². The summed E-state index contributed by atoms with van der Waals surface area (Å²) in [4.78, 5) is 39.8. The molecule has 3 aromatic rings. The Bertz CT molecular complexity index is 1390. The van der Waals surface area contributed by atoms with E-state index < -0.39 is 36.5 Å². The number of anilines is 2. The third-order valence-electron chi connectivity index (χ3n) is 7.69. The SMILES string of the molecule is CCNC(=O)[C@H]1O[C@@H](n2cnc3c(N)nc(CCCC4CCN(C(=O)Oc5ccc(NO)cc5)CC4)nc32)C(O)[C@H]1O. The number of nitrogen functional groups attached to an aromatic ring is 1. The van der Waals surface area contributed by atoms with E-state index >= 15 is 0 Å². The third-order valence-corrected chi connectivity index (χ3v) is 7.69. The Morgan fingerprint density at radius 1 is 1.14 bits per heavy atom. The molecular formula is C27H36N8O7. The van der Waals surface area contributed by atoms with Crippen LogP contribution in [0.4, 0.5) is 16.3 Å². The first-order chi connectivity index (χ1) is 20.3. The van der Waals surface area contributed by atoms with Crippen LogP contribution in [-0.2, 0) is 16.0 Å². The van der Waals surface area contributed by atoms with E-state index in [9.17, 15) is 19.8 Å². The summed E-state index contributed by atoms with van der Waals surface area (Å²) in [7, 11) is 0. The number of aliphatic hydroxyl groups excluding tert-OH is 2. The first kappa shape index (κ1) is 29.4. The van der Waals surface area contributed by atoms with Crippen LogP contribution in [0.1, 0.15) is 44.7 Å². The third kappa shape index (κ3) is 6.23. The van der Waals surface area contributed by atoms with Gasteiger partial charge in [-0.25, -0.2) is 19.7 Å². The van der Waals surface area contributed by atoms with E-state index in [1.165, 1.54) is 10.9 Å². The van der Waals surface area contributed by atoms with Gasteiger partial charge in [-0.05, 0) is 62.8 Å². The minimum absolute atomic E-state index is 0.191. The molecule has 0 bridgehead atoms. The summed E-state index contributed by atoms with van der Waals surface area (Å²) in [6, 6.07) is 6.43. The van der Waals surface area contributed by atoms with E-state index in [1.54, 1.807) is 36.1 Å². The molecule has 4 heterocycles. The maximum Gasteiger partial charge on any atom is 0.415 e. The van der Waals surface area contributed by atoms with Gasteiger partial charge in [0.1, 0.15) is 29.3 Å². The van der Waals surface area contributed by atoms with E-state index in [2.05, 4.69) is 20.3 Å². The van der Waals surface area contributed by atoms with Crippen LogP contribution in [0.15, 0.2) is 30.6 Å². The molecule has 0 aliphatic carbocycles. The fraction of sp³-hybridized carbons (Fsp3) is 0.519. The van der Waals surface area contributed by atoms with Crippen LogP contribution in [0.5, 0.6) is 5.75 Å². The Kier molecular flexibility index (Phi) is 9.01. The number of piperidine rings is 1. The summed E-state index contributed by atoms with van der Waals surface area (Å²) in [6.45, 7) is 3.30. The lowest BCUT2D eigenvalue weighted by Crippen LogP contribution is -2.42. The van der Waals surface area contributed by atoms with E-state index in [1.807, 2.05) is 5.48 Å². The first-order valence-electron chi connectivity index (χ1n) is 14.0. The van der Waals surface area contributed by atoms with Gasteiger partial charge in [0.05, 0.1) is 12.0 Å². The molecule has 42 heavy (non-hydrogen) atoms. The number of aromatic nitrogens is 4. The van der Waals surface area contributed by atoms with Gasteiger partial charge in [-0.2, -0.15) is 0 Å². The van der Waals surface area contributed by atoms with E-state index in [-0.39, 0.29) is 5.82 Å². The molecule has 15 nitrogen and oxygen atoms in total. The predicted octanol–water partition coefficient (Wildman–Crippen LogP) is 1.20. The minimum Gasteiger partial charge on any atom is -0.410 e. The highest BCUT2D eigenvalue weighted by Gasteiger charge is 2.47. The average Bonchev–Trinajstić information content (AvgIpc) is 3.54. The van der Waals surface area contributed by atoms with Gasteiger partial charge in [0.2, 0.25) is 0 Å². The van der Waals surface area contributed by atoms with Crippen LogP contribution in [0, 0.1) is 5.92 Å². The van der Waals surface area contributed by atoms with Crippen molar-refractivity contribution in [2.75, 3.05) is 30.8 Å². The van der Waals surface area contributed by atoms with Gasteiger partial charge >= 0.3 is 6.09 Å². The molecule has 7 N–H and O–H groups in total. The standard InChI is InChI=1S/C27H36N8O7/c1-2-29-25(38)22-20(36)21(37)26(42-22)35-14-30-19-23(28)31-18(32-24(19)35)5-3-4-15-10-12-34(13-11-15)27(39)41-17-8-6-16(33-40)7-9-17/h6-9,14-15,20-22,26,33,36-37,40H,2-5,10-13H2,1H3,(H,29,38)(H2,28,31,32)/t20-,21?,22+,26-/m1/s1. The predicted molar refractivity (Wildman–Crippen MR) is 149 cm³/mol. The average molecular weight is 585 g/mol. The molecule has 1 unspecified atom stereocenters. The number of aryl methyl sites for hydroxylation is 1. The summed E-state index contributed by atoms with van der Waals surface area (Å²) in [5, 5.41) is 32.5. The molecular weight excluding hydrogens is 548 g/mol. The highest BCUT2D eigenvalue weighted by molar-refractivity contribution is 5.83. The van der Waals surface area contributed by atoms with Crippen molar-refractivity contribution in [3.8, 4) is 5.75 Å². The topological polar surface area (TPSA) is 210 Å². The number of imidazole rings is 1. The number of nitrogens with one attached hydrogen (secondary N) is 2. The number of fused-ring (bicyclic) bond motifs is 1. The van der Waals surface area contributed by atoms with Crippen molar-refractivity contribution in [3.05, 3.63) is 36.4 Å². The Hall–Kier alpha value is -4.05. The van der Waals surface area contributed by atoms with Gasteiger partial charge in [0, 0.05) is 26.1 Å². The molecule has 2 aliphatic heterocycles. The van der Waals surface area contributed by atoms with Crippen LogP contribution in [0.2, 0.25) is 0 Å². The Balaban J connectivity index is 1.14. The second-order valence-electron chi connectivity index (χ2n) is 10.5. The lowest BCUT2D eigenvalue weighted by molar-refractivity contribution is -0.137. The largest absolute Gasteiger partial charge is 0.415 e. The quantitative estimate of drug-likeness (QED) is 0.196. The van der Waals surface area contributed by atoms with Gasteiger partial charge in [-0.3, -0.25) is 20.0 Å². The van der Waals surface area contributed by atoms with Crippen molar-refractivity contribution in [1.29, 1.82) is 0 Å². The molecule has 2 fully saturated rings. The minimum atomic E-state index is -1.41. The summed E-state index contributed by atoms with van der Waals surface area (Å²) < 4.78 is 12.6. The molecule has 4 atom stereocenters. The zero-order chi connectivity index (χ0) is 29.8. The number of benzene rings is 1. The van der Waals surface area contributed by atoms with E-state index in [4.69, 9.17) is 20.4 Å². The van der Waals surface area contributed by atoms with Gasteiger partial charge in [-0.1, -0.05) is 0 Å². The van der Waals surface area contributed by atoms with Crippen LogP contribution >= 0.6 is 0 Å². The number of carbonyl (C=O) groups is 2. The number of nitrogens with two attached hydrogens (primary N) is 1. The van der Waals surface area contributed by atoms with Crippen LogP contribution in [0.3, 0.4) is 0 Å². The zero-order valence-electron chi connectivity index (χ0n) is 23.2. The van der Waals surface area contributed by atoms with Crippen LogP contribution in [-0.4, -0.2) is 89.8 Å². The summed E-state index contributed by atoms with van der Waals surface area (Å²) in [5.74, 6) is 1.03. The second-order valence-corrected chi connectivity index (χ2v) is 10.5. The van der Waals surface area contributed by atoms with Crippen molar-refractivity contribution < 1.29 is 34.5 Å². The molecule has 0 saturated carbocycles. The summed E-state index contributed by atoms with van der Waals surface area (Å²) in [5.41, 5.74) is 9.39. The van der Waals surface area contributed by atoms with Gasteiger partial charge in [-0.15, -0.1) is 0 Å². The van der Waals surface area contributed by atoms with Gasteiger partial charge in [0.25, 0.3) is 5.91 Å². The number of hydrogen-bond donors (Lipinski definition) is 6. The number of carbonyl (C=O) groups excluding carboxylic acids is 2. The van der Waals surface area contributed by atoms with Crippen LogP contribution in [0.25, 0.3) is 11.2 Å². The van der Waals surface area contributed by atoms with E-state index in [0.717, 1.165) is 25.7 Å². The monoisotopic (exact) mass is 584 g/mol. The number of rotatable bonds is 9. The molecule has 0 spiro atoms. The molecule has 2 aromatic heterocycles. The number of aliphatic hydroxyl groups is 2.